The summed E-state index contributed by atoms with van der Waals surface area (Å²) >= 11 is 1.78. The van der Waals surface area contributed by atoms with Gasteiger partial charge in [0.2, 0.25) is 5.91 Å². The van der Waals surface area contributed by atoms with E-state index in [2.05, 4.69) is 5.32 Å². The monoisotopic (exact) mass is 323 g/mol. The van der Waals surface area contributed by atoms with E-state index in [4.69, 9.17) is 13.3 Å². The fourth-order valence-corrected chi connectivity index (χ4v) is 4.85. The number of hydrogen-bond donors (Lipinski definition) is 1. The second-order valence-electron chi connectivity index (χ2n) is 5.19. The Kier molecular flexibility index (Phi) is 9.74. The van der Waals surface area contributed by atoms with E-state index in [0.717, 1.165) is 24.0 Å². The van der Waals surface area contributed by atoms with E-state index in [1.807, 2.05) is 20.8 Å². The average Bonchev–Trinajstić information content (AvgIpc) is 2.43. The normalized spacial score (nSPS) is 12.5. The second-order valence-corrected chi connectivity index (χ2v) is 9.39. The highest BCUT2D eigenvalue weighted by molar-refractivity contribution is 7.99. The molecule has 0 aliphatic rings. The average molecular weight is 324 g/mol. The summed E-state index contributed by atoms with van der Waals surface area (Å²) in [5.41, 5.74) is -0.334. The van der Waals surface area contributed by atoms with Gasteiger partial charge in [0.25, 0.3) is 0 Å². The van der Waals surface area contributed by atoms with Crippen LogP contribution in [0, 0.1) is 5.41 Å². The van der Waals surface area contributed by atoms with Crippen molar-refractivity contribution in [2.45, 2.75) is 33.2 Å². The summed E-state index contributed by atoms with van der Waals surface area (Å²) < 4.78 is 16.1. The van der Waals surface area contributed by atoms with Crippen molar-refractivity contribution in [3.05, 3.63) is 0 Å². The summed E-state index contributed by atoms with van der Waals surface area (Å²) in [5, 5.41) is 2.87. The van der Waals surface area contributed by atoms with Crippen LogP contribution < -0.4 is 5.32 Å². The van der Waals surface area contributed by atoms with Crippen LogP contribution >= 0.6 is 11.8 Å². The zero-order chi connectivity index (χ0) is 15.6. The minimum Gasteiger partial charge on any atom is -0.377 e. The van der Waals surface area contributed by atoms with E-state index in [1.165, 1.54) is 0 Å². The Morgan fingerprint density at radius 3 is 2.20 bits per heavy atom. The van der Waals surface area contributed by atoms with Gasteiger partial charge in [-0.2, -0.15) is 11.8 Å². The van der Waals surface area contributed by atoms with Gasteiger partial charge in [-0.3, -0.25) is 4.79 Å². The third-order valence-corrected chi connectivity index (χ3v) is 7.45. The minimum atomic E-state index is -2.44. The molecule has 0 unspecified atom stereocenters. The molecule has 120 valence electrons. The van der Waals surface area contributed by atoms with E-state index in [9.17, 15) is 4.79 Å². The Bertz CT molecular complexity index is 277. The maximum absolute atomic E-state index is 11.8. The number of nitrogens with one attached hydrogen (secondary N) is 1. The van der Waals surface area contributed by atoms with Crippen LogP contribution in [0.25, 0.3) is 0 Å². The van der Waals surface area contributed by atoms with Gasteiger partial charge in [0, 0.05) is 39.7 Å². The van der Waals surface area contributed by atoms with Crippen LogP contribution in [0.3, 0.4) is 0 Å². The van der Waals surface area contributed by atoms with Gasteiger partial charge < -0.3 is 18.6 Å². The lowest BCUT2D eigenvalue weighted by Gasteiger charge is -2.25. The molecule has 0 heterocycles. The fraction of sp³-hybridized carbons (Fsp3) is 0.923. The van der Waals surface area contributed by atoms with E-state index in [1.54, 1.807) is 33.1 Å². The quantitative estimate of drug-likeness (QED) is 0.466. The first-order valence-corrected chi connectivity index (χ1v) is 9.97. The van der Waals surface area contributed by atoms with Gasteiger partial charge in [0.1, 0.15) is 0 Å². The molecule has 0 aliphatic carbocycles. The van der Waals surface area contributed by atoms with Crippen molar-refractivity contribution in [2.75, 3.05) is 39.4 Å². The molecule has 5 nitrogen and oxygen atoms in total. The molecule has 0 saturated heterocycles. The molecule has 0 atom stereocenters. The van der Waals surface area contributed by atoms with Gasteiger partial charge >= 0.3 is 8.80 Å². The molecule has 0 bridgehead atoms. The number of amides is 1. The SMILES string of the molecule is CCNC(=O)C(C)(C)CSCCC[Si](OC)(OC)OC. The number of carbonyl (C=O) groups excluding carboxylic acids is 1. The molecule has 0 fully saturated rings. The summed E-state index contributed by atoms with van der Waals surface area (Å²) in [6.07, 6.45) is 0.956. The topological polar surface area (TPSA) is 56.8 Å². The van der Waals surface area contributed by atoms with Gasteiger partial charge in [-0.05, 0) is 19.1 Å². The summed E-state index contributed by atoms with van der Waals surface area (Å²) in [4.78, 5) is 11.8. The maximum Gasteiger partial charge on any atom is 0.500 e. The Morgan fingerprint density at radius 2 is 1.75 bits per heavy atom. The molecule has 0 rings (SSSR count). The van der Waals surface area contributed by atoms with E-state index in [-0.39, 0.29) is 11.3 Å². The second kappa shape index (κ2) is 9.78. The smallest absolute Gasteiger partial charge is 0.377 e. The Morgan fingerprint density at radius 1 is 1.20 bits per heavy atom. The van der Waals surface area contributed by atoms with Crippen molar-refractivity contribution in [1.82, 2.24) is 5.32 Å². The molecule has 7 heteroatoms. The first-order chi connectivity index (χ1) is 9.37. The Hall–Kier alpha value is -0.0831. The summed E-state index contributed by atoms with van der Waals surface area (Å²) in [6.45, 7) is 6.56. The van der Waals surface area contributed by atoms with Crippen molar-refractivity contribution >= 4 is 26.5 Å². The summed E-state index contributed by atoms with van der Waals surface area (Å²) in [6, 6.07) is 0.797. The van der Waals surface area contributed by atoms with Crippen molar-refractivity contribution in [1.29, 1.82) is 0 Å². The molecule has 0 aromatic carbocycles. The number of rotatable bonds is 11. The van der Waals surface area contributed by atoms with Gasteiger partial charge in [-0.1, -0.05) is 13.8 Å². The number of hydrogen-bond acceptors (Lipinski definition) is 5. The molecule has 0 aromatic heterocycles. The predicted molar refractivity (Wildman–Crippen MR) is 86.0 cm³/mol. The van der Waals surface area contributed by atoms with Gasteiger partial charge in [-0.15, -0.1) is 0 Å². The van der Waals surface area contributed by atoms with Gasteiger partial charge in [-0.25, -0.2) is 0 Å². The molecular formula is C13H29NO4SSi. The van der Waals surface area contributed by atoms with Crippen LogP contribution in [0.5, 0.6) is 0 Å². The Balaban J connectivity index is 3.99. The summed E-state index contributed by atoms with van der Waals surface area (Å²) in [7, 11) is 2.45. The van der Waals surface area contributed by atoms with Crippen LogP contribution in [0.2, 0.25) is 6.04 Å². The van der Waals surface area contributed by atoms with E-state index in [0.29, 0.717) is 6.54 Å². The lowest BCUT2D eigenvalue weighted by molar-refractivity contribution is -0.128. The minimum absolute atomic E-state index is 0.113. The predicted octanol–water partition coefficient (Wildman–Crippen LogP) is 2.15. The van der Waals surface area contributed by atoms with Gasteiger partial charge in [0.15, 0.2) is 0 Å². The lowest BCUT2D eigenvalue weighted by Crippen LogP contribution is -2.42. The standard InChI is InChI=1S/C13H29NO4SSi/c1-7-14-12(15)13(2,3)11-19-9-8-10-20(16-4,17-5)18-6/h7-11H2,1-6H3,(H,14,15). The van der Waals surface area contributed by atoms with Crippen LogP contribution in [0.1, 0.15) is 27.2 Å². The zero-order valence-corrected chi connectivity index (χ0v) is 15.4. The summed E-state index contributed by atoms with van der Waals surface area (Å²) in [5.74, 6) is 1.88. The van der Waals surface area contributed by atoms with Crippen molar-refractivity contribution in [3.63, 3.8) is 0 Å². The fourth-order valence-electron chi connectivity index (χ4n) is 1.74. The zero-order valence-electron chi connectivity index (χ0n) is 13.6. The van der Waals surface area contributed by atoms with Crippen molar-refractivity contribution < 1.29 is 18.1 Å². The molecule has 0 aromatic rings. The highest BCUT2D eigenvalue weighted by Gasteiger charge is 2.37. The third kappa shape index (κ3) is 6.58. The first-order valence-electron chi connectivity index (χ1n) is 6.89. The number of carbonyl (C=O) groups is 1. The van der Waals surface area contributed by atoms with Crippen molar-refractivity contribution in [2.24, 2.45) is 5.41 Å². The van der Waals surface area contributed by atoms with Crippen LogP contribution in [0.15, 0.2) is 0 Å². The molecule has 1 N–H and O–H groups in total. The molecule has 0 aliphatic heterocycles. The van der Waals surface area contributed by atoms with Gasteiger partial charge in [0.05, 0.1) is 5.41 Å². The molecular weight excluding hydrogens is 294 g/mol. The highest BCUT2D eigenvalue weighted by Crippen LogP contribution is 2.24. The molecule has 1 amide bonds. The maximum atomic E-state index is 11.8. The van der Waals surface area contributed by atoms with Crippen LogP contribution in [-0.2, 0) is 18.1 Å². The molecule has 0 spiro atoms. The number of thioether (sulfide) groups is 1. The molecule has 0 radical (unpaired) electrons. The Labute approximate surface area is 128 Å². The van der Waals surface area contributed by atoms with E-state index < -0.39 is 8.80 Å². The van der Waals surface area contributed by atoms with Crippen molar-refractivity contribution in [3.8, 4) is 0 Å². The third-order valence-electron chi connectivity index (χ3n) is 3.12. The molecule has 20 heavy (non-hydrogen) atoms. The highest BCUT2D eigenvalue weighted by atomic mass is 32.2. The van der Waals surface area contributed by atoms with Crippen LogP contribution in [-0.4, -0.2) is 54.1 Å². The van der Waals surface area contributed by atoms with Crippen LogP contribution in [0.4, 0.5) is 0 Å². The first kappa shape index (κ1) is 19.9. The van der Waals surface area contributed by atoms with E-state index >= 15 is 0 Å². The lowest BCUT2D eigenvalue weighted by atomic mass is 9.95. The largest absolute Gasteiger partial charge is 0.500 e. The molecule has 0 saturated carbocycles.